The van der Waals surface area contributed by atoms with Gasteiger partial charge in [-0.3, -0.25) is 9.36 Å². The number of nitrogens with zero attached hydrogens (tertiary/aromatic N) is 4. The van der Waals surface area contributed by atoms with Crippen LogP contribution in [0.1, 0.15) is 11.5 Å². The lowest BCUT2D eigenvalue weighted by Crippen LogP contribution is -2.14. The van der Waals surface area contributed by atoms with Crippen LogP contribution in [0.3, 0.4) is 0 Å². The summed E-state index contributed by atoms with van der Waals surface area (Å²) in [5, 5.41) is 12.7. The first-order chi connectivity index (χ1) is 15.0. The highest BCUT2D eigenvalue weighted by Gasteiger charge is 2.17. The molecule has 2 aromatic carbocycles. The molecule has 6 nitrogen and oxygen atoms in total. The first-order valence-electron chi connectivity index (χ1n) is 9.48. The molecule has 158 valence electrons. The van der Waals surface area contributed by atoms with Crippen LogP contribution >= 0.6 is 23.4 Å². The lowest BCUT2D eigenvalue weighted by molar-refractivity contribution is -0.113. The van der Waals surface area contributed by atoms with Gasteiger partial charge in [-0.15, -0.1) is 10.2 Å². The normalized spacial score (nSPS) is 10.9. The maximum absolute atomic E-state index is 13.0. The summed E-state index contributed by atoms with van der Waals surface area (Å²) in [5.74, 6) is 0.318. The van der Waals surface area contributed by atoms with Gasteiger partial charge in [0.25, 0.3) is 0 Å². The molecule has 0 aliphatic heterocycles. The molecule has 1 N–H and O–H groups in total. The van der Waals surface area contributed by atoms with Crippen LogP contribution in [-0.4, -0.2) is 31.0 Å². The third kappa shape index (κ3) is 5.15. The molecule has 0 saturated heterocycles. The zero-order chi connectivity index (χ0) is 21.8. The van der Waals surface area contributed by atoms with Gasteiger partial charge < -0.3 is 9.88 Å². The van der Waals surface area contributed by atoms with Gasteiger partial charge in [0.1, 0.15) is 11.6 Å². The average Bonchev–Trinajstić information content (AvgIpc) is 3.35. The number of anilines is 1. The van der Waals surface area contributed by atoms with Crippen LogP contribution in [0.4, 0.5) is 10.1 Å². The second kappa shape index (κ2) is 9.36. The van der Waals surface area contributed by atoms with E-state index in [2.05, 4.69) is 15.5 Å². The number of carbonyl (C=O) groups excluding carboxylic acids is 1. The first-order valence-corrected chi connectivity index (χ1v) is 10.8. The summed E-state index contributed by atoms with van der Waals surface area (Å²) in [7, 11) is 1.98. The van der Waals surface area contributed by atoms with Crippen LogP contribution in [-0.2, 0) is 18.3 Å². The van der Waals surface area contributed by atoms with Crippen LogP contribution in [0, 0.1) is 5.82 Å². The number of halogens is 2. The Kier molecular flexibility index (Phi) is 6.39. The van der Waals surface area contributed by atoms with Crippen LogP contribution in [0.5, 0.6) is 0 Å². The topological polar surface area (TPSA) is 64.7 Å². The van der Waals surface area contributed by atoms with Crippen molar-refractivity contribution < 1.29 is 9.18 Å². The zero-order valence-electron chi connectivity index (χ0n) is 16.6. The van der Waals surface area contributed by atoms with E-state index in [9.17, 15) is 9.18 Å². The van der Waals surface area contributed by atoms with Crippen molar-refractivity contribution in [1.82, 2.24) is 19.3 Å². The molecule has 0 radical (unpaired) electrons. The van der Waals surface area contributed by atoms with E-state index in [4.69, 9.17) is 11.6 Å². The molecule has 0 fully saturated rings. The van der Waals surface area contributed by atoms with E-state index in [1.54, 1.807) is 12.1 Å². The van der Waals surface area contributed by atoms with Crippen molar-refractivity contribution in [2.45, 2.75) is 11.6 Å². The molecule has 0 aliphatic rings. The Balaban J connectivity index is 1.55. The molecule has 0 aliphatic carbocycles. The van der Waals surface area contributed by atoms with Crippen LogP contribution < -0.4 is 5.32 Å². The van der Waals surface area contributed by atoms with Crippen LogP contribution in [0.25, 0.3) is 5.69 Å². The second-order valence-electron chi connectivity index (χ2n) is 6.84. The number of carbonyl (C=O) groups is 1. The van der Waals surface area contributed by atoms with Crippen LogP contribution in [0.15, 0.2) is 72.0 Å². The van der Waals surface area contributed by atoms with Gasteiger partial charge in [0, 0.05) is 41.8 Å². The third-order valence-electron chi connectivity index (χ3n) is 4.64. The Labute approximate surface area is 188 Å². The minimum atomic E-state index is -0.353. The summed E-state index contributed by atoms with van der Waals surface area (Å²) in [4.78, 5) is 12.4. The highest BCUT2D eigenvalue weighted by atomic mass is 35.5. The summed E-state index contributed by atoms with van der Waals surface area (Å²) in [6.07, 6.45) is 2.56. The highest BCUT2D eigenvalue weighted by molar-refractivity contribution is 7.99. The van der Waals surface area contributed by atoms with Gasteiger partial charge in [0.05, 0.1) is 5.75 Å². The quantitative estimate of drug-likeness (QED) is 0.409. The summed E-state index contributed by atoms with van der Waals surface area (Å²) in [6, 6.07) is 17.0. The number of aromatic nitrogens is 4. The van der Waals surface area contributed by atoms with E-state index in [0.29, 0.717) is 22.3 Å². The van der Waals surface area contributed by atoms with Crippen molar-refractivity contribution in [1.29, 1.82) is 0 Å². The molecule has 2 heterocycles. The van der Waals surface area contributed by atoms with Gasteiger partial charge in [-0.25, -0.2) is 4.39 Å². The Hall–Kier alpha value is -3.10. The zero-order valence-corrected chi connectivity index (χ0v) is 18.2. The first kappa shape index (κ1) is 21.1. The predicted octanol–water partition coefficient (Wildman–Crippen LogP) is 4.72. The molecule has 31 heavy (non-hydrogen) atoms. The van der Waals surface area contributed by atoms with Crippen LogP contribution in [0.2, 0.25) is 5.02 Å². The Bertz CT molecular complexity index is 1190. The SMILES string of the molecule is Cn1cccc1Cc1nnc(SCC(=O)Nc2ccc(F)cc2)n1-c1ccc(Cl)cc1. The molecular weight excluding hydrogens is 437 g/mol. The number of aryl methyl sites for hydroxylation is 1. The predicted molar refractivity (Wildman–Crippen MR) is 120 cm³/mol. The van der Waals surface area contributed by atoms with Gasteiger partial charge in [-0.2, -0.15) is 0 Å². The van der Waals surface area contributed by atoms with E-state index in [-0.39, 0.29) is 17.5 Å². The van der Waals surface area contributed by atoms with Gasteiger partial charge in [0.2, 0.25) is 5.91 Å². The Morgan fingerprint density at radius 2 is 1.84 bits per heavy atom. The maximum atomic E-state index is 13.0. The monoisotopic (exact) mass is 455 g/mol. The van der Waals surface area contributed by atoms with E-state index < -0.39 is 0 Å². The van der Waals surface area contributed by atoms with E-state index in [1.807, 2.05) is 46.6 Å². The Morgan fingerprint density at radius 3 is 2.52 bits per heavy atom. The number of nitrogens with one attached hydrogen (secondary N) is 1. The largest absolute Gasteiger partial charge is 0.354 e. The second-order valence-corrected chi connectivity index (χ2v) is 8.22. The van der Waals surface area contributed by atoms with Gasteiger partial charge in [-0.05, 0) is 60.7 Å². The van der Waals surface area contributed by atoms with Crippen molar-refractivity contribution in [3.05, 3.63) is 89.2 Å². The minimum absolute atomic E-state index is 0.132. The molecular formula is C22H19ClFN5OS. The average molecular weight is 456 g/mol. The molecule has 4 aromatic rings. The molecule has 0 bridgehead atoms. The minimum Gasteiger partial charge on any atom is -0.354 e. The van der Waals surface area contributed by atoms with Gasteiger partial charge in [-0.1, -0.05) is 23.4 Å². The van der Waals surface area contributed by atoms with Crippen molar-refractivity contribution in [3.63, 3.8) is 0 Å². The fraction of sp³-hybridized carbons (Fsp3) is 0.136. The standard InChI is InChI=1S/C22H19ClFN5OS/c1-28-12-2-3-19(28)13-20-26-27-22(29(20)18-10-4-15(23)5-11-18)31-14-21(30)25-17-8-6-16(24)7-9-17/h2-12H,13-14H2,1H3,(H,25,30). The lowest BCUT2D eigenvalue weighted by Gasteiger charge is -2.11. The number of hydrogen-bond donors (Lipinski definition) is 1. The summed E-state index contributed by atoms with van der Waals surface area (Å²) < 4.78 is 17.0. The summed E-state index contributed by atoms with van der Waals surface area (Å²) in [5.41, 5.74) is 2.49. The number of thioether (sulfide) groups is 1. The smallest absolute Gasteiger partial charge is 0.234 e. The summed E-state index contributed by atoms with van der Waals surface area (Å²) in [6.45, 7) is 0. The molecule has 0 spiro atoms. The fourth-order valence-corrected chi connectivity index (χ4v) is 3.96. The van der Waals surface area contributed by atoms with Gasteiger partial charge >= 0.3 is 0 Å². The van der Waals surface area contributed by atoms with Crippen molar-refractivity contribution >= 4 is 35.0 Å². The number of benzene rings is 2. The molecule has 9 heteroatoms. The fourth-order valence-electron chi connectivity index (χ4n) is 3.06. The molecule has 2 aromatic heterocycles. The van der Waals surface area contributed by atoms with Gasteiger partial charge in [0.15, 0.2) is 5.16 Å². The maximum Gasteiger partial charge on any atom is 0.234 e. The number of hydrogen-bond acceptors (Lipinski definition) is 4. The van der Waals surface area contributed by atoms with E-state index in [0.717, 1.165) is 17.2 Å². The Morgan fingerprint density at radius 1 is 1.10 bits per heavy atom. The number of rotatable bonds is 7. The molecule has 4 rings (SSSR count). The van der Waals surface area contributed by atoms with E-state index >= 15 is 0 Å². The molecule has 0 atom stereocenters. The lowest BCUT2D eigenvalue weighted by atomic mass is 10.2. The third-order valence-corrected chi connectivity index (χ3v) is 5.82. The molecule has 0 saturated carbocycles. The molecule has 1 amide bonds. The number of amides is 1. The highest BCUT2D eigenvalue weighted by Crippen LogP contribution is 2.25. The van der Waals surface area contributed by atoms with Crippen molar-refractivity contribution in [2.24, 2.45) is 7.05 Å². The van der Waals surface area contributed by atoms with E-state index in [1.165, 1.54) is 36.0 Å². The van der Waals surface area contributed by atoms with Crippen molar-refractivity contribution in [2.75, 3.05) is 11.1 Å². The summed E-state index contributed by atoms with van der Waals surface area (Å²) >= 11 is 7.33. The molecule has 0 unspecified atom stereocenters. The van der Waals surface area contributed by atoms with Crippen molar-refractivity contribution in [3.8, 4) is 5.69 Å².